The van der Waals surface area contributed by atoms with Gasteiger partial charge < -0.3 is 15.1 Å². The molecule has 4 rings (SSSR count). The number of amides is 1. The second-order valence-electron chi connectivity index (χ2n) is 7.37. The number of hydrogen-bond donors (Lipinski definition) is 1. The number of aromatic nitrogens is 2. The van der Waals surface area contributed by atoms with Crippen LogP contribution in [-0.4, -0.2) is 48.1 Å². The molecule has 0 atom stereocenters. The van der Waals surface area contributed by atoms with Crippen molar-refractivity contribution in [2.75, 3.05) is 36.0 Å². The molecule has 2 aromatic rings. The van der Waals surface area contributed by atoms with Crippen LogP contribution in [0.4, 0.5) is 11.5 Å². The Bertz CT molecular complexity index is 752. The van der Waals surface area contributed by atoms with Crippen molar-refractivity contribution in [3.63, 3.8) is 0 Å². The van der Waals surface area contributed by atoms with Crippen LogP contribution >= 0.6 is 0 Å². The maximum atomic E-state index is 12.6. The zero-order valence-corrected chi connectivity index (χ0v) is 15.7. The summed E-state index contributed by atoms with van der Waals surface area (Å²) in [6.45, 7) is 3.65. The quantitative estimate of drug-likeness (QED) is 0.903. The van der Waals surface area contributed by atoms with Crippen LogP contribution in [-0.2, 0) is 0 Å². The van der Waals surface area contributed by atoms with Crippen molar-refractivity contribution in [1.29, 1.82) is 0 Å². The van der Waals surface area contributed by atoms with Gasteiger partial charge in [0.05, 0.1) is 0 Å². The van der Waals surface area contributed by atoms with Gasteiger partial charge in [-0.05, 0) is 37.1 Å². The van der Waals surface area contributed by atoms with Crippen LogP contribution in [0.5, 0.6) is 0 Å². The molecule has 27 heavy (non-hydrogen) atoms. The van der Waals surface area contributed by atoms with Crippen molar-refractivity contribution in [3.8, 4) is 0 Å². The summed E-state index contributed by atoms with van der Waals surface area (Å²) in [6.07, 6.45) is 9.45. The molecule has 1 amide bonds. The van der Waals surface area contributed by atoms with Gasteiger partial charge in [-0.3, -0.25) is 9.78 Å². The Morgan fingerprint density at radius 2 is 1.70 bits per heavy atom. The summed E-state index contributed by atoms with van der Waals surface area (Å²) in [4.78, 5) is 25.9. The normalized spacial score (nSPS) is 18.4. The van der Waals surface area contributed by atoms with Crippen molar-refractivity contribution in [2.45, 2.75) is 38.1 Å². The molecule has 6 heteroatoms. The van der Waals surface area contributed by atoms with Crippen LogP contribution in [0.25, 0.3) is 0 Å². The third kappa shape index (κ3) is 4.38. The lowest BCUT2D eigenvalue weighted by molar-refractivity contribution is 0.0922. The molecular formula is C21H27N5O. The first-order chi connectivity index (χ1) is 13.3. The van der Waals surface area contributed by atoms with Crippen LogP contribution in [0.1, 0.15) is 42.6 Å². The number of carbonyl (C=O) groups is 1. The van der Waals surface area contributed by atoms with Crippen molar-refractivity contribution < 1.29 is 4.79 Å². The number of pyridine rings is 2. The minimum absolute atomic E-state index is 0.0455. The Morgan fingerprint density at radius 3 is 2.44 bits per heavy atom. The Kier molecular flexibility index (Phi) is 5.51. The fraction of sp³-hybridized carbons (Fsp3) is 0.476. The molecule has 0 bridgehead atoms. The SMILES string of the molecule is O=C(NC1CCCCC1)c1cc(N2CCN(c3ccccn3)CC2)ccn1. The molecule has 2 fully saturated rings. The molecule has 2 aromatic heterocycles. The van der Waals surface area contributed by atoms with E-state index < -0.39 is 0 Å². The van der Waals surface area contributed by atoms with Gasteiger partial charge in [-0.2, -0.15) is 0 Å². The van der Waals surface area contributed by atoms with Crippen LogP contribution < -0.4 is 15.1 Å². The average Bonchev–Trinajstić information content (AvgIpc) is 2.75. The number of anilines is 2. The Labute approximate surface area is 160 Å². The summed E-state index contributed by atoms with van der Waals surface area (Å²) in [7, 11) is 0. The number of rotatable bonds is 4. The van der Waals surface area contributed by atoms with Gasteiger partial charge in [0, 0.05) is 50.3 Å². The molecule has 0 aromatic carbocycles. The molecule has 0 spiro atoms. The van der Waals surface area contributed by atoms with E-state index in [1.54, 1.807) is 6.20 Å². The van der Waals surface area contributed by atoms with Gasteiger partial charge in [-0.15, -0.1) is 0 Å². The summed E-state index contributed by atoms with van der Waals surface area (Å²) >= 11 is 0. The average molecular weight is 365 g/mol. The van der Waals surface area contributed by atoms with Gasteiger partial charge in [-0.1, -0.05) is 25.3 Å². The Morgan fingerprint density at radius 1 is 0.926 bits per heavy atom. The topological polar surface area (TPSA) is 61.4 Å². The van der Waals surface area contributed by atoms with Crippen LogP contribution in [0.3, 0.4) is 0 Å². The molecule has 2 aliphatic rings. The predicted octanol–water partition coefficient (Wildman–Crippen LogP) is 2.87. The number of carbonyl (C=O) groups excluding carboxylic acids is 1. The largest absolute Gasteiger partial charge is 0.368 e. The summed E-state index contributed by atoms with van der Waals surface area (Å²) in [5.74, 6) is 0.982. The van der Waals surface area contributed by atoms with Crippen LogP contribution in [0, 0.1) is 0 Å². The van der Waals surface area contributed by atoms with Gasteiger partial charge >= 0.3 is 0 Å². The van der Waals surface area contributed by atoms with Gasteiger partial charge in [0.1, 0.15) is 11.5 Å². The van der Waals surface area contributed by atoms with E-state index in [1.807, 2.05) is 30.5 Å². The minimum atomic E-state index is -0.0455. The molecule has 0 radical (unpaired) electrons. The lowest BCUT2D eigenvalue weighted by atomic mass is 9.95. The molecule has 1 saturated carbocycles. The number of nitrogens with zero attached hydrogens (tertiary/aromatic N) is 4. The maximum absolute atomic E-state index is 12.6. The molecule has 6 nitrogen and oxygen atoms in total. The fourth-order valence-corrected chi connectivity index (χ4v) is 3.98. The summed E-state index contributed by atoms with van der Waals surface area (Å²) < 4.78 is 0. The van der Waals surface area contributed by atoms with Crippen LogP contribution in [0.15, 0.2) is 42.7 Å². The fourth-order valence-electron chi connectivity index (χ4n) is 3.98. The Balaban J connectivity index is 1.37. The summed E-state index contributed by atoms with van der Waals surface area (Å²) in [6, 6.07) is 10.2. The van der Waals surface area contributed by atoms with E-state index in [0.29, 0.717) is 11.7 Å². The number of piperazine rings is 1. The van der Waals surface area contributed by atoms with E-state index in [2.05, 4.69) is 31.2 Å². The van der Waals surface area contributed by atoms with E-state index in [9.17, 15) is 4.79 Å². The molecule has 0 unspecified atom stereocenters. The van der Waals surface area contributed by atoms with Gasteiger partial charge in [0.2, 0.25) is 0 Å². The maximum Gasteiger partial charge on any atom is 0.270 e. The first-order valence-corrected chi connectivity index (χ1v) is 9.97. The molecule has 1 N–H and O–H groups in total. The van der Waals surface area contributed by atoms with Gasteiger partial charge in [0.15, 0.2) is 0 Å². The van der Waals surface area contributed by atoms with Crippen LogP contribution in [0.2, 0.25) is 0 Å². The second-order valence-corrected chi connectivity index (χ2v) is 7.37. The first-order valence-electron chi connectivity index (χ1n) is 9.97. The lowest BCUT2D eigenvalue weighted by Crippen LogP contribution is -2.47. The van der Waals surface area contributed by atoms with Crippen molar-refractivity contribution >= 4 is 17.4 Å². The highest BCUT2D eigenvalue weighted by Crippen LogP contribution is 2.21. The highest BCUT2D eigenvalue weighted by Gasteiger charge is 2.21. The van der Waals surface area contributed by atoms with Crippen molar-refractivity contribution in [3.05, 3.63) is 48.4 Å². The molecule has 142 valence electrons. The number of nitrogens with one attached hydrogen (secondary N) is 1. The van der Waals surface area contributed by atoms with E-state index >= 15 is 0 Å². The second kappa shape index (κ2) is 8.37. The third-order valence-corrected chi connectivity index (χ3v) is 5.53. The highest BCUT2D eigenvalue weighted by molar-refractivity contribution is 5.93. The lowest BCUT2D eigenvalue weighted by Gasteiger charge is -2.36. The Hall–Kier alpha value is -2.63. The van der Waals surface area contributed by atoms with E-state index in [1.165, 1.54) is 19.3 Å². The predicted molar refractivity (Wildman–Crippen MR) is 107 cm³/mol. The van der Waals surface area contributed by atoms with Gasteiger partial charge in [0.25, 0.3) is 5.91 Å². The van der Waals surface area contributed by atoms with Gasteiger partial charge in [-0.25, -0.2) is 4.98 Å². The summed E-state index contributed by atoms with van der Waals surface area (Å²) in [5.41, 5.74) is 1.59. The monoisotopic (exact) mass is 365 g/mol. The third-order valence-electron chi connectivity index (χ3n) is 5.53. The molecule has 1 saturated heterocycles. The molecular weight excluding hydrogens is 338 g/mol. The molecule has 1 aliphatic carbocycles. The summed E-state index contributed by atoms with van der Waals surface area (Å²) in [5, 5.41) is 3.16. The minimum Gasteiger partial charge on any atom is -0.368 e. The van der Waals surface area contributed by atoms with Crippen molar-refractivity contribution in [2.24, 2.45) is 0 Å². The zero-order chi connectivity index (χ0) is 18.5. The van der Waals surface area contributed by atoms with E-state index in [-0.39, 0.29) is 5.91 Å². The van der Waals surface area contributed by atoms with Crippen molar-refractivity contribution in [1.82, 2.24) is 15.3 Å². The standard InChI is InChI=1S/C21H27N5O/c27-21(24-17-6-2-1-3-7-17)19-16-18(9-11-22-19)25-12-14-26(15-13-25)20-8-4-5-10-23-20/h4-5,8-11,16-17H,1-3,6-7,12-15H2,(H,24,27). The smallest absolute Gasteiger partial charge is 0.270 e. The number of hydrogen-bond acceptors (Lipinski definition) is 5. The highest BCUT2D eigenvalue weighted by atomic mass is 16.1. The molecule has 1 aliphatic heterocycles. The zero-order valence-electron chi connectivity index (χ0n) is 15.7. The molecule has 3 heterocycles. The first kappa shape index (κ1) is 17.8. The van der Waals surface area contributed by atoms with E-state index in [0.717, 1.165) is 50.5 Å². The van der Waals surface area contributed by atoms with E-state index in [4.69, 9.17) is 0 Å².